The van der Waals surface area contributed by atoms with Crippen molar-refractivity contribution in [1.82, 2.24) is 9.80 Å². The molecule has 4 heteroatoms. The maximum Gasteiger partial charge on any atom is 0.254 e. The molecule has 1 fully saturated rings. The predicted molar refractivity (Wildman–Crippen MR) is 81.7 cm³/mol. The van der Waals surface area contributed by atoms with Gasteiger partial charge in [0.25, 0.3) is 5.91 Å². The van der Waals surface area contributed by atoms with Gasteiger partial charge in [0, 0.05) is 23.7 Å². The lowest BCUT2D eigenvalue weighted by Gasteiger charge is -2.21. The number of hydrogen-bond donors (Lipinski definition) is 0. The molecule has 1 atom stereocenters. The Kier molecular flexibility index (Phi) is 4.61. The van der Waals surface area contributed by atoms with Crippen LogP contribution in [0.5, 0.6) is 0 Å². The Balaban J connectivity index is 1.99. The minimum absolute atomic E-state index is 0.134. The Bertz CT molecular complexity index is 436. The van der Waals surface area contributed by atoms with Crippen molar-refractivity contribution in [2.45, 2.75) is 6.42 Å². The lowest BCUT2D eigenvalue weighted by Crippen LogP contribution is -2.33. The molecule has 0 radical (unpaired) electrons. The molecular weight excluding hydrogens is 339 g/mol. The van der Waals surface area contributed by atoms with E-state index in [1.807, 2.05) is 36.2 Å². The first-order valence-electron chi connectivity index (χ1n) is 6.26. The third-order valence-electron chi connectivity index (χ3n) is 3.47. The van der Waals surface area contributed by atoms with Crippen molar-refractivity contribution in [3.05, 3.63) is 33.4 Å². The van der Waals surface area contributed by atoms with Gasteiger partial charge in [0.1, 0.15) is 0 Å². The van der Waals surface area contributed by atoms with Crippen molar-refractivity contribution in [2.24, 2.45) is 5.92 Å². The summed E-state index contributed by atoms with van der Waals surface area (Å²) in [7, 11) is 4.05. The molecule has 0 spiro atoms. The Morgan fingerprint density at radius 1 is 1.50 bits per heavy atom. The highest BCUT2D eigenvalue weighted by atomic mass is 127. The summed E-state index contributed by atoms with van der Waals surface area (Å²) in [6.07, 6.45) is 1.19. The predicted octanol–water partition coefficient (Wildman–Crippen LogP) is 2.31. The molecule has 0 aromatic heterocycles. The topological polar surface area (TPSA) is 23.6 Å². The highest BCUT2D eigenvalue weighted by Gasteiger charge is 2.23. The number of benzene rings is 1. The van der Waals surface area contributed by atoms with Crippen molar-refractivity contribution >= 4 is 28.5 Å². The van der Waals surface area contributed by atoms with Crippen molar-refractivity contribution in [3.63, 3.8) is 0 Å². The molecule has 0 N–H and O–H groups in total. The summed E-state index contributed by atoms with van der Waals surface area (Å²) in [5.41, 5.74) is 0.812. The van der Waals surface area contributed by atoms with Gasteiger partial charge in [-0.3, -0.25) is 4.79 Å². The number of likely N-dealkylation sites (tertiary alicyclic amines) is 1. The first-order chi connectivity index (χ1) is 8.58. The van der Waals surface area contributed by atoms with Gasteiger partial charge in [-0.25, -0.2) is 0 Å². The van der Waals surface area contributed by atoms with Gasteiger partial charge in [-0.05, 0) is 60.7 Å². The second kappa shape index (κ2) is 6.02. The van der Waals surface area contributed by atoms with Crippen LogP contribution in [0.1, 0.15) is 16.8 Å². The minimum atomic E-state index is 0.134. The molecule has 0 saturated carbocycles. The van der Waals surface area contributed by atoms with Crippen LogP contribution in [0.15, 0.2) is 24.3 Å². The number of halogens is 1. The highest BCUT2D eigenvalue weighted by Crippen LogP contribution is 2.18. The first-order valence-corrected chi connectivity index (χ1v) is 7.34. The summed E-state index contributed by atoms with van der Waals surface area (Å²) in [5, 5.41) is 0. The number of amides is 1. The molecule has 1 heterocycles. The second-order valence-electron chi connectivity index (χ2n) is 5.08. The van der Waals surface area contributed by atoms with E-state index in [0.717, 1.165) is 28.8 Å². The largest absolute Gasteiger partial charge is 0.341 e. The average molecular weight is 358 g/mol. The number of rotatable bonds is 3. The molecule has 98 valence electrons. The van der Waals surface area contributed by atoms with Crippen LogP contribution in [-0.2, 0) is 0 Å². The van der Waals surface area contributed by atoms with Crippen LogP contribution < -0.4 is 0 Å². The summed E-state index contributed by atoms with van der Waals surface area (Å²) < 4.78 is 1.02. The van der Waals surface area contributed by atoms with Gasteiger partial charge in [-0.1, -0.05) is 12.1 Å². The fourth-order valence-electron chi connectivity index (χ4n) is 2.49. The van der Waals surface area contributed by atoms with E-state index in [1.54, 1.807) is 0 Å². The first kappa shape index (κ1) is 13.8. The van der Waals surface area contributed by atoms with Gasteiger partial charge in [-0.15, -0.1) is 0 Å². The zero-order valence-electron chi connectivity index (χ0n) is 10.9. The standard InChI is InChI=1S/C14H19IN2O/c1-16-8-7-11(9-16)10-17(2)14(18)12-5-3-4-6-13(12)15/h3-6,11H,7-10H2,1-2H3. The van der Waals surface area contributed by atoms with E-state index in [4.69, 9.17) is 0 Å². The Morgan fingerprint density at radius 2 is 2.22 bits per heavy atom. The molecule has 1 aromatic carbocycles. The third kappa shape index (κ3) is 3.23. The van der Waals surface area contributed by atoms with E-state index in [2.05, 4.69) is 34.5 Å². The van der Waals surface area contributed by atoms with Crippen molar-refractivity contribution in [2.75, 3.05) is 33.7 Å². The highest BCUT2D eigenvalue weighted by molar-refractivity contribution is 14.1. The van der Waals surface area contributed by atoms with E-state index < -0.39 is 0 Å². The number of carbonyl (C=O) groups is 1. The van der Waals surface area contributed by atoms with Gasteiger partial charge < -0.3 is 9.80 Å². The molecule has 1 aromatic rings. The maximum atomic E-state index is 12.3. The van der Waals surface area contributed by atoms with Crippen LogP contribution in [0, 0.1) is 9.49 Å². The molecule has 1 aliphatic rings. The van der Waals surface area contributed by atoms with Crippen LogP contribution in [0.3, 0.4) is 0 Å². The summed E-state index contributed by atoms with van der Waals surface area (Å²) in [6, 6.07) is 7.77. The Labute approximate surface area is 122 Å². The number of nitrogens with zero attached hydrogens (tertiary/aromatic N) is 2. The fourth-order valence-corrected chi connectivity index (χ4v) is 3.10. The molecule has 1 amide bonds. The SMILES string of the molecule is CN1CCC(CN(C)C(=O)c2ccccc2I)C1. The van der Waals surface area contributed by atoms with E-state index in [1.165, 1.54) is 6.42 Å². The third-order valence-corrected chi connectivity index (χ3v) is 4.41. The molecule has 0 bridgehead atoms. The van der Waals surface area contributed by atoms with Crippen molar-refractivity contribution in [1.29, 1.82) is 0 Å². The monoisotopic (exact) mass is 358 g/mol. The maximum absolute atomic E-state index is 12.3. The lowest BCUT2D eigenvalue weighted by atomic mass is 10.1. The zero-order chi connectivity index (χ0) is 13.1. The molecule has 1 unspecified atom stereocenters. The molecule has 1 saturated heterocycles. The van der Waals surface area contributed by atoms with Crippen molar-refractivity contribution < 1.29 is 4.79 Å². The zero-order valence-corrected chi connectivity index (χ0v) is 13.1. The van der Waals surface area contributed by atoms with Crippen LogP contribution in [0.25, 0.3) is 0 Å². The average Bonchev–Trinajstić information content (AvgIpc) is 2.74. The number of carbonyl (C=O) groups excluding carboxylic acids is 1. The lowest BCUT2D eigenvalue weighted by molar-refractivity contribution is 0.0773. The Hall–Kier alpha value is -0.620. The van der Waals surface area contributed by atoms with E-state index in [0.29, 0.717) is 5.92 Å². The van der Waals surface area contributed by atoms with Crippen LogP contribution in [0.2, 0.25) is 0 Å². The molecule has 2 rings (SSSR count). The molecular formula is C14H19IN2O. The number of hydrogen-bond acceptors (Lipinski definition) is 2. The van der Waals surface area contributed by atoms with Gasteiger partial charge >= 0.3 is 0 Å². The van der Waals surface area contributed by atoms with Gasteiger partial charge in [0.05, 0.1) is 5.56 Å². The second-order valence-corrected chi connectivity index (χ2v) is 6.24. The van der Waals surface area contributed by atoms with Crippen LogP contribution >= 0.6 is 22.6 Å². The summed E-state index contributed by atoms with van der Waals surface area (Å²) in [5.74, 6) is 0.750. The normalized spacial score (nSPS) is 20.1. The van der Waals surface area contributed by atoms with Crippen LogP contribution in [0.4, 0.5) is 0 Å². The summed E-state index contributed by atoms with van der Waals surface area (Å²) in [4.78, 5) is 16.5. The quantitative estimate of drug-likeness (QED) is 0.775. The molecule has 3 nitrogen and oxygen atoms in total. The van der Waals surface area contributed by atoms with Gasteiger partial charge in [0.15, 0.2) is 0 Å². The summed E-state index contributed by atoms with van der Waals surface area (Å²) >= 11 is 2.22. The van der Waals surface area contributed by atoms with E-state index in [-0.39, 0.29) is 5.91 Å². The minimum Gasteiger partial charge on any atom is -0.341 e. The van der Waals surface area contributed by atoms with E-state index in [9.17, 15) is 4.79 Å². The molecule has 18 heavy (non-hydrogen) atoms. The fraction of sp³-hybridized carbons (Fsp3) is 0.500. The van der Waals surface area contributed by atoms with E-state index >= 15 is 0 Å². The summed E-state index contributed by atoms with van der Waals surface area (Å²) in [6.45, 7) is 3.10. The molecule has 0 aliphatic carbocycles. The smallest absolute Gasteiger partial charge is 0.254 e. The van der Waals surface area contributed by atoms with Crippen molar-refractivity contribution in [3.8, 4) is 0 Å². The van der Waals surface area contributed by atoms with Crippen LogP contribution in [-0.4, -0.2) is 49.4 Å². The Morgan fingerprint density at radius 3 is 2.83 bits per heavy atom. The van der Waals surface area contributed by atoms with Gasteiger partial charge in [-0.2, -0.15) is 0 Å². The van der Waals surface area contributed by atoms with Gasteiger partial charge in [0.2, 0.25) is 0 Å². The molecule has 1 aliphatic heterocycles.